The van der Waals surface area contributed by atoms with E-state index in [9.17, 15) is 18.0 Å². The van der Waals surface area contributed by atoms with E-state index in [2.05, 4.69) is 0 Å². The lowest BCUT2D eigenvalue weighted by molar-refractivity contribution is -0.137. The fourth-order valence-corrected chi connectivity index (χ4v) is 1.88. The van der Waals surface area contributed by atoms with Gasteiger partial charge < -0.3 is 0 Å². The molecule has 0 aliphatic heterocycles. The maximum absolute atomic E-state index is 12.8. The van der Waals surface area contributed by atoms with Gasteiger partial charge in [-0.05, 0) is 24.6 Å². The highest BCUT2D eigenvalue weighted by atomic mass is 19.4. The molecule has 0 bridgehead atoms. The zero-order valence-electron chi connectivity index (χ0n) is 11.3. The Morgan fingerprint density at radius 3 is 2.24 bits per heavy atom. The van der Waals surface area contributed by atoms with E-state index in [0.717, 1.165) is 17.7 Å². The summed E-state index contributed by atoms with van der Waals surface area (Å²) in [5, 5.41) is 0. The third-order valence-corrected chi connectivity index (χ3v) is 3.02. The topological polar surface area (TPSA) is 17.1 Å². The molecular weight excluding hydrogens is 277 g/mol. The first-order chi connectivity index (χ1) is 9.88. The summed E-state index contributed by atoms with van der Waals surface area (Å²) in [5.41, 5.74) is 0.683. The fraction of sp³-hybridized carbons (Fsp3) is 0.118. The summed E-state index contributed by atoms with van der Waals surface area (Å²) in [4.78, 5) is 11.9. The number of carbonyl (C=O) groups is 1. The number of halogens is 3. The first-order valence-corrected chi connectivity index (χ1v) is 6.33. The minimum absolute atomic E-state index is 0.0227. The average Bonchev–Trinajstić information content (AvgIpc) is 2.45. The van der Waals surface area contributed by atoms with Crippen LogP contribution in [0.4, 0.5) is 13.2 Å². The molecule has 0 aromatic heterocycles. The third-order valence-electron chi connectivity index (χ3n) is 3.02. The Labute approximate surface area is 120 Å². The van der Waals surface area contributed by atoms with E-state index in [4.69, 9.17) is 0 Å². The Bertz CT molecular complexity index is 667. The van der Waals surface area contributed by atoms with Crippen LogP contribution < -0.4 is 0 Å². The second kappa shape index (κ2) is 5.95. The number of alkyl halides is 3. The van der Waals surface area contributed by atoms with E-state index >= 15 is 0 Å². The predicted octanol–water partition coefficient (Wildman–Crippen LogP) is 4.91. The van der Waals surface area contributed by atoms with E-state index < -0.39 is 11.7 Å². The summed E-state index contributed by atoms with van der Waals surface area (Å²) in [6, 6.07) is 12.0. The number of aryl methyl sites for hydroxylation is 1. The molecule has 0 atom stereocenters. The molecule has 0 spiro atoms. The zero-order valence-corrected chi connectivity index (χ0v) is 11.3. The molecule has 0 heterocycles. The minimum atomic E-state index is -4.44. The van der Waals surface area contributed by atoms with Crippen molar-refractivity contribution in [2.75, 3.05) is 0 Å². The van der Waals surface area contributed by atoms with Crippen molar-refractivity contribution in [2.45, 2.75) is 13.1 Å². The maximum Gasteiger partial charge on any atom is 0.416 e. The molecule has 4 heteroatoms. The molecule has 0 saturated carbocycles. The van der Waals surface area contributed by atoms with Crippen LogP contribution in [-0.2, 0) is 6.18 Å². The van der Waals surface area contributed by atoms with Gasteiger partial charge in [-0.25, -0.2) is 0 Å². The Morgan fingerprint density at radius 2 is 1.62 bits per heavy atom. The normalized spacial score (nSPS) is 11.8. The summed E-state index contributed by atoms with van der Waals surface area (Å²) < 4.78 is 38.5. The Hall–Kier alpha value is -2.36. The smallest absolute Gasteiger partial charge is 0.289 e. The molecule has 0 aliphatic carbocycles. The van der Waals surface area contributed by atoms with Crippen molar-refractivity contribution in [1.29, 1.82) is 0 Å². The van der Waals surface area contributed by atoms with E-state index in [1.54, 1.807) is 24.3 Å². The molecule has 0 aliphatic rings. The van der Waals surface area contributed by atoms with Crippen molar-refractivity contribution in [1.82, 2.24) is 0 Å². The third kappa shape index (κ3) is 3.81. The van der Waals surface area contributed by atoms with Gasteiger partial charge in [0.05, 0.1) is 5.56 Å². The molecule has 1 nitrogen and oxygen atoms in total. The number of hydrogen-bond donors (Lipinski definition) is 0. The Kier molecular flexibility index (Phi) is 4.26. The molecule has 0 radical (unpaired) electrons. The Morgan fingerprint density at radius 1 is 1.00 bits per heavy atom. The number of hydrogen-bond acceptors (Lipinski definition) is 1. The molecule has 0 amide bonds. The SMILES string of the molecule is Cc1ccc(C(=O)C=Cc2ccccc2C(F)(F)F)cc1. The van der Waals surface area contributed by atoms with Crippen molar-refractivity contribution in [2.24, 2.45) is 0 Å². The number of benzene rings is 2. The zero-order chi connectivity index (χ0) is 15.5. The highest BCUT2D eigenvalue weighted by Crippen LogP contribution is 2.32. The molecule has 108 valence electrons. The van der Waals surface area contributed by atoms with Gasteiger partial charge in [0.25, 0.3) is 0 Å². The van der Waals surface area contributed by atoms with Gasteiger partial charge in [-0.3, -0.25) is 4.79 Å². The van der Waals surface area contributed by atoms with Gasteiger partial charge in [-0.2, -0.15) is 13.2 Å². The fourth-order valence-electron chi connectivity index (χ4n) is 1.88. The highest BCUT2D eigenvalue weighted by molar-refractivity contribution is 6.06. The molecule has 0 fully saturated rings. The quantitative estimate of drug-likeness (QED) is 0.580. The van der Waals surface area contributed by atoms with Crippen LogP contribution >= 0.6 is 0 Å². The maximum atomic E-state index is 12.8. The lowest BCUT2D eigenvalue weighted by atomic mass is 10.0. The van der Waals surface area contributed by atoms with Crippen LogP contribution in [0, 0.1) is 6.92 Å². The summed E-state index contributed by atoms with van der Waals surface area (Å²) in [7, 11) is 0. The second-order valence-corrected chi connectivity index (χ2v) is 4.65. The van der Waals surface area contributed by atoms with E-state index in [1.807, 2.05) is 6.92 Å². The largest absolute Gasteiger partial charge is 0.416 e. The van der Waals surface area contributed by atoms with E-state index in [1.165, 1.54) is 24.3 Å². The molecule has 2 aromatic carbocycles. The van der Waals surface area contributed by atoms with Crippen LogP contribution in [0.3, 0.4) is 0 Å². The summed E-state index contributed by atoms with van der Waals surface area (Å²) >= 11 is 0. The van der Waals surface area contributed by atoms with Crippen LogP contribution in [0.5, 0.6) is 0 Å². The van der Waals surface area contributed by atoms with Gasteiger partial charge in [0.2, 0.25) is 0 Å². The lowest BCUT2D eigenvalue weighted by Crippen LogP contribution is -2.07. The molecule has 0 N–H and O–H groups in total. The Balaban J connectivity index is 2.26. The first kappa shape index (κ1) is 15.0. The molecule has 0 saturated heterocycles. The van der Waals surface area contributed by atoms with E-state index in [0.29, 0.717) is 5.56 Å². The number of ketones is 1. The van der Waals surface area contributed by atoms with Gasteiger partial charge in [-0.1, -0.05) is 54.1 Å². The van der Waals surface area contributed by atoms with Gasteiger partial charge in [0.15, 0.2) is 5.78 Å². The molecule has 21 heavy (non-hydrogen) atoms. The van der Waals surface area contributed by atoms with Crippen molar-refractivity contribution in [3.8, 4) is 0 Å². The summed E-state index contributed by atoms with van der Waals surface area (Å²) in [5.74, 6) is -0.327. The van der Waals surface area contributed by atoms with Crippen LogP contribution in [0.15, 0.2) is 54.6 Å². The number of carbonyl (C=O) groups excluding carboxylic acids is 1. The molecule has 0 unspecified atom stereocenters. The monoisotopic (exact) mass is 290 g/mol. The average molecular weight is 290 g/mol. The van der Waals surface area contributed by atoms with Crippen LogP contribution in [0.1, 0.15) is 27.0 Å². The highest BCUT2D eigenvalue weighted by Gasteiger charge is 2.32. The van der Waals surface area contributed by atoms with Crippen LogP contribution in [0.2, 0.25) is 0 Å². The molecule has 2 rings (SSSR count). The van der Waals surface area contributed by atoms with Gasteiger partial charge in [0.1, 0.15) is 0 Å². The van der Waals surface area contributed by atoms with Crippen molar-refractivity contribution in [3.05, 3.63) is 76.9 Å². The van der Waals surface area contributed by atoms with Crippen molar-refractivity contribution >= 4 is 11.9 Å². The minimum Gasteiger partial charge on any atom is -0.289 e. The van der Waals surface area contributed by atoms with Crippen molar-refractivity contribution in [3.63, 3.8) is 0 Å². The van der Waals surface area contributed by atoms with Crippen LogP contribution in [0.25, 0.3) is 6.08 Å². The second-order valence-electron chi connectivity index (χ2n) is 4.65. The van der Waals surface area contributed by atoms with Gasteiger partial charge in [0, 0.05) is 5.56 Å². The van der Waals surface area contributed by atoms with E-state index in [-0.39, 0.29) is 11.3 Å². The van der Waals surface area contributed by atoms with Gasteiger partial charge >= 0.3 is 6.18 Å². The first-order valence-electron chi connectivity index (χ1n) is 6.33. The number of allylic oxidation sites excluding steroid dienone is 1. The lowest BCUT2D eigenvalue weighted by Gasteiger charge is -2.09. The predicted molar refractivity (Wildman–Crippen MR) is 76.0 cm³/mol. The molecule has 2 aromatic rings. The van der Waals surface area contributed by atoms with Gasteiger partial charge in [-0.15, -0.1) is 0 Å². The summed E-state index contributed by atoms with van der Waals surface area (Å²) in [6.07, 6.45) is -2.08. The number of rotatable bonds is 3. The van der Waals surface area contributed by atoms with Crippen LogP contribution in [-0.4, -0.2) is 5.78 Å². The molecular formula is C17H13F3O. The van der Waals surface area contributed by atoms with Crippen molar-refractivity contribution < 1.29 is 18.0 Å². The summed E-state index contributed by atoms with van der Waals surface area (Å²) in [6.45, 7) is 1.89. The standard InChI is InChI=1S/C17H13F3O/c1-12-6-8-14(9-7-12)16(21)11-10-13-4-2-3-5-15(13)17(18,19)20/h2-11H,1H3.